The smallest absolute Gasteiger partial charge is 0.154 e. The summed E-state index contributed by atoms with van der Waals surface area (Å²) in [5.41, 5.74) is 1.23. The number of anilines is 1. The van der Waals surface area contributed by atoms with Crippen LogP contribution in [0.15, 0.2) is 47.8 Å². The molecule has 0 bridgehead atoms. The second kappa shape index (κ2) is 7.31. The topological polar surface area (TPSA) is 72.0 Å². The van der Waals surface area contributed by atoms with Crippen LogP contribution in [0.5, 0.6) is 0 Å². The van der Waals surface area contributed by atoms with E-state index in [1.807, 2.05) is 18.2 Å². The Kier molecular flexibility index (Phi) is 5.17. The molecule has 1 N–H and O–H groups in total. The molecule has 0 radical (unpaired) electrons. The number of rotatable bonds is 6. The van der Waals surface area contributed by atoms with Gasteiger partial charge in [-0.3, -0.25) is 4.98 Å². The highest BCUT2D eigenvalue weighted by Crippen LogP contribution is 2.22. The molecule has 1 aromatic heterocycles. The van der Waals surface area contributed by atoms with Crippen LogP contribution in [0.1, 0.15) is 18.4 Å². The van der Waals surface area contributed by atoms with Gasteiger partial charge in [-0.15, -0.1) is 11.8 Å². The number of nitrogens with zero attached hydrogens (tertiary/aromatic N) is 2. The Labute approximate surface area is 140 Å². The Morgan fingerprint density at radius 2 is 2.04 bits per heavy atom. The van der Waals surface area contributed by atoms with E-state index < -0.39 is 9.84 Å². The van der Waals surface area contributed by atoms with Crippen molar-refractivity contribution in [2.75, 3.05) is 17.6 Å². The van der Waals surface area contributed by atoms with Gasteiger partial charge >= 0.3 is 0 Å². The van der Waals surface area contributed by atoms with Crippen LogP contribution in [0, 0.1) is 0 Å². The number of aromatic nitrogens is 2. The van der Waals surface area contributed by atoms with Crippen molar-refractivity contribution in [2.45, 2.75) is 28.9 Å². The zero-order chi connectivity index (χ0) is 16.1. The highest BCUT2D eigenvalue weighted by atomic mass is 32.2. The highest BCUT2D eigenvalue weighted by Gasteiger charge is 2.30. The summed E-state index contributed by atoms with van der Waals surface area (Å²) in [5, 5.41) is 3.64. The zero-order valence-corrected chi connectivity index (χ0v) is 14.3. The number of hydrogen-bond acceptors (Lipinski definition) is 6. The van der Waals surface area contributed by atoms with E-state index in [0.29, 0.717) is 18.1 Å². The van der Waals surface area contributed by atoms with Crippen LogP contribution in [0.2, 0.25) is 0 Å². The van der Waals surface area contributed by atoms with Crippen LogP contribution in [-0.2, 0) is 15.6 Å². The Morgan fingerprint density at radius 1 is 1.22 bits per heavy atom. The first-order chi connectivity index (χ1) is 11.1. The summed E-state index contributed by atoms with van der Waals surface area (Å²) in [4.78, 5) is 8.67. The zero-order valence-electron chi connectivity index (χ0n) is 12.7. The van der Waals surface area contributed by atoms with Crippen molar-refractivity contribution in [1.82, 2.24) is 9.97 Å². The van der Waals surface area contributed by atoms with E-state index in [-0.39, 0.29) is 5.25 Å². The van der Waals surface area contributed by atoms with Crippen molar-refractivity contribution in [3.8, 4) is 0 Å². The summed E-state index contributed by atoms with van der Waals surface area (Å²) in [6.45, 7) is 0.407. The number of nitrogens with one attached hydrogen (secondary N) is 1. The van der Waals surface area contributed by atoms with E-state index >= 15 is 0 Å². The summed E-state index contributed by atoms with van der Waals surface area (Å²) in [6.07, 6.45) is 4.85. The van der Waals surface area contributed by atoms with Gasteiger partial charge in [0, 0.05) is 12.3 Å². The molecule has 0 amide bonds. The number of sulfone groups is 1. The molecule has 1 atom stereocenters. The maximum absolute atomic E-state index is 11.8. The molecule has 1 aliphatic rings. The molecule has 5 nitrogen and oxygen atoms in total. The van der Waals surface area contributed by atoms with Gasteiger partial charge in [-0.1, -0.05) is 30.3 Å². The minimum atomic E-state index is -2.93. The fraction of sp³-hybridized carbons (Fsp3) is 0.375. The predicted octanol–water partition coefficient (Wildman–Crippen LogP) is 2.76. The fourth-order valence-corrected chi connectivity index (χ4v) is 5.11. The van der Waals surface area contributed by atoms with Gasteiger partial charge in [-0.25, -0.2) is 13.4 Å². The average Bonchev–Trinajstić information content (AvgIpc) is 2.91. The third-order valence-corrected chi connectivity index (χ3v) is 7.06. The van der Waals surface area contributed by atoms with Crippen molar-refractivity contribution in [1.29, 1.82) is 0 Å². The molecule has 2 aromatic rings. The van der Waals surface area contributed by atoms with Gasteiger partial charge in [-0.05, 0) is 18.4 Å². The molecule has 0 saturated carbocycles. The SMILES string of the molecule is O=S1(=O)CCCC1CNc1cncc(SCc2ccccc2)n1. The average molecular weight is 349 g/mol. The first-order valence-corrected chi connectivity index (χ1v) is 10.3. The predicted molar refractivity (Wildman–Crippen MR) is 93.3 cm³/mol. The normalized spacial score (nSPS) is 19.6. The van der Waals surface area contributed by atoms with Crippen molar-refractivity contribution in [3.05, 3.63) is 48.3 Å². The van der Waals surface area contributed by atoms with Gasteiger partial charge in [-0.2, -0.15) is 0 Å². The van der Waals surface area contributed by atoms with Crippen molar-refractivity contribution in [3.63, 3.8) is 0 Å². The van der Waals surface area contributed by atoms with E-state index in [0.717, 1.165) is 23.6 Å². The lowest BCUT2D eigenvalue weighted by molar-refractivity contribution is 0.591. The van der Waals surface area contributed by atoms with Gasteiger partial charge < -0.3 is 5.32 Å². The summed E-state index contributed by atoms with van der Waals surface area (Å²) < 4.78 is 23.7. The molecule has 0 spiro atoms. The molecular formula is C16H19N3O2S2. The summed E-state index contributed by atoms with van der Waals surface area (Å²) >= 11 is 1.61. The molecule has 7 heteroatoms. The second-order valence-corrected chi connectivity index (χ2v) is 8.93. The lowest BCUT2D eigenvalue weighted by Gasteiger charge is -2.11. The van der Waals surface area contributed by atoms with E-state index in [1.54, 1.807) is 24.2 Å². The molecule has 1 aliphatic heterocycles. The first kappa shape index (κ1) is 16.3. The minimum Gasteiger partial charge on any atom is -0.367 e. The van der Waals surface area contributed by atoms with Crippen LogP contribution in [-0.4, -0.2) is 35.9 Å². The molecule has 0 aliphatic carbocycles. The molecule has 1 aromatic carbocycles. The van der Waals surface area contributed by atoms with E-state index in [2.05, 4.69) is 27.4 Å². The van der Waals surface area contributed by atoms with Crippen molar-refractivity contribution < 1.29 is 8.42 Å². The molecule has 1 fully saturated rings. The summed E-state index contributed by atoms with van der Waals surface area (Å²) in [5.74, 6) is 1.76. The monoisotopic (exact) mass is 349 g/mol. The Balaban J connectivity index is 1.57. The van der Waals surface area contributed by atoms with E-state index in [1.165, 1.54) is 5.56 Å². The first-order valence-electron chi connectivity index (χ1n) is 7.58. The summed E-state index contributed by atoms with van der Waals surface area (Å²) in [6, 6.07) is 10.2. The van der Waals surface area contributed by atoms with Crippen LogP contribution < -0.4 is 5.32 Å². The van der Waals surface area contributed by atoms with Crippen molar-refractivity contribution >= 4 is 27.4 Å². The van der Waals surface area contributed by atoms with Crippen LogP contribution in [0.3, 0.4) is 0 Å². The van der Waals surface area contributed by atoms with E-state index in [9.17, 15) is 8.42 Å². The van der Waals surface area contributed by atoms with Crippen LogP contribution in [0.4, 0.5) is 5.82 Å². The second-order valence-electron chi connectivity index (χ2n) is 5.53. The van der Waals surface area contributed by atoms with Gasteiger partial charge in [0.05, 0.1) is 23.4 Å². The van der Waals surface area contributed by atoms with Gasteiger partial charge in [0.1, 0.15) is 10.8 Å². The van der Waals surface area contributed by atoms with Gasteiger partial charge in [0.25, 0.3) is 0 Å². The van der Waals surface area contributed by atoms with Crippen molar-refractivity contribution in [2.24, 2.45) is 0 Å². The highest BCUT2D eigenvalue weighted by molar-refractivity contribution is 7.98. The Bertz CT molecular complexity index is 751. The molecule has 2 heterocycles. The van der Waals surface area contributed by atoms with E-state index in [4.69, 9.17) is 0 Å². The van der Waals surface area contributed by atoms with Gasteiger partial charge in [0.15, 0.2) is 9.84 Å². The minimum absolute atomic E-state index is 0.301. The molecule has 1 saturated heterocycles. The third kappa shape index (κ3) is 4.45. The number of hydrogen-bond donors (Lipinski definition) is 1. The maximum Gasteiger partial charge on any atom is 0.154 e. The molecule has 3 rings (SSSR count). The fourth-order valence-electron chi connectivity index (χ4n) is 2.54. The third-order valence-electron chi connectivity index (χ3n) is 3.82. The molecule has 23 heavy (non-hydrogen) atoms. The molecular weight excluding hydrogens is 330 g/mol. The Morgan fingerprint density at radius 3 is 2.78 bits per heavy atom. The summed E-state index contributed by atoms with van der Waals surface area (Å²) in [7, 11) is -2.93. The molecule has 122 valence electrons. The number of thioether (sulfide) groups is 1. The lowest BCUT2D eigenvalue weighted by Crippen LogP contribution is -2.25. The van der Waals surface area contributed by atoms with Crippen LogP contribution >= 0.6 is 11.8 Å². The van der Waals surface area contributed by atoms with Crippen LogP contribution in [0.25, 0.3) is 0 Å². The van der Waals surface area contributed by atoms with Gasteiger partial charge in [0.2, 0.25) is 0 Å². The standard InChI is InChI=1S/C16H19N3O2S2/c20-23(21)8-4-7-14(23)9-18-15-10-17-11-16(19-15)22-12-13-5-2-1-3-6-13/h1-3,5-6,10-11,14H,4,7-9,12H2,(H,18,19). The maximum atomic E-state index is 11.8. The number of benzene rings is 1. The quantitative estimate of drug-likeness (QED) is 0.809. The lowest BCUT2D eigenvalue weighted by atomic mass is 10.2. The molecule has 1 unspecified atom stereocenters. The largest absolute Gasteiger partial charge is 0.367 e. The Hall–Kier alpha value is -1.60.